The standard InChI is InChI=1S/C28H40F4N2O/c1-19-17-34(26(2,3)4)18-27(19,29)25(35)33-14-12-21(13-15-33)23-11-10-22(28(30,31)32)16-24(23)20-8-6-5-7-9-20/h10-11,16,19-21H,5-9,12-15,17-18H2,1-4H3/t19-,27+/m1/s1. The highest BCUT2D eigenvalue weighted by Gasteiger charge is 2.54. The first-order chi connectivity index (χ1) is 16.3. The lowest BCUT2D eigenvalue weighted by molar-refractivity contribution is -0.146. The van der Waals surface area contributed by atoms with E-state index in [0.29, 0.717) is 32.5 Å². The van der Waals surface area contributed by atoms with Crippen molar-refractivity contribution in [3.8, 4) is 0 Å². The second-order valence-corrected chi connectivity index (χ2v) is 12.1. The van der Waals surface area contributed by atoms with Crippen LogP contribution in [0.25, 0.3) is 0 Å². The monoisotopic (exact) mass is 496 g/mol. The van der Waals surface area contributed by atoms with Gasteiger partial charge in [0.25, 0.3) is 5.91 Å². The minimum absolute atomic E-state index is 0.0981. The number of piperidine rings is 1. The van der Waals surface area contributed by atoms with Gasteiger partial charge in [-0.05, 0) is 81.5 Å². The molecule has 0 spiro atoms. The maximum atomic E-state index is 16.0. The number of likely N-dealkylation sites (tertiary alicyclic amines) is 2. The van der Waals surface area contributed by atoms with Crippen molar-refractivity contribution < 1.29 is 22.4 Å². The summed E-state index contributed by atoms with van der Waals surface area (Å²) in [5, 5.41) is 0. The number of nitrogens with zero attached hydrogens (tertiary/aromatic N) is 2. The second-order valence-electron chi connectivity index (χ2n) is 12.1. The number of hydrogen-bond donors (Lipinski definition) is 0. The fraction of sp³-hybridized carbons (Fsp3) is 0.750. The molecular formula is C28H40F4N2O. The molecule has 196 valence electrons. The molecule has 2 saturated heterocycles. The van der Waals surface area contributed by atoms with Crippen LogP contribution in [-0.4, -0.2) is 53.1 Å². The summed E-state index contributed by atoms with van der Waals surface area (Å²) in [5.41, 5.74) is -0.820. The Bertz CT molecular complexity index is 911. The molecule has 2 aliphatic heterocycles. The van der Waals surface area contributed by atoms with E-state index in [-0.39, 0.29) is 29.8 Å². The van der Waals surface area contributed by atoms with Crippen molar-refractivity contribution in [1.29, 1.82) is 0 Å². The van der Waals surface area contributed by atoms with Crippen molar-refractivity contribution in [2.24, 2.45) is 5.92 Å². The van der Waals surface area contributed by atoms with Crippen LogP contribution in [0.2, 0.25) is 0 Å². The van der Waals surface area contributed by atoms with E-state index in [9.17, 15) is 18.0 Å². The number of amides is 1. The third-order valence-electron chi connectivity index (χ3n) is 8.68. The molecule has 0 unspecified atom stereocenters. The first kappa shape index (κ1) is 26.4. The van der Waals surface area contributed by atoms with Crippen LogP contribution in [-0.2, 0) is 11.0 Å². The Balaban J connectivity index is 1.49. The minimum Gasteiger partial charge on any atom is -0.340 e. The zero-order valence-electron chi connectivity index (χ0n) is 21.6. The molecule has 0 radical (unpaired) electrons. The number of halogens is 4. The highest BCUT2D eigenvalue weighted by atomic mass is 19.4. The van der Waals surface area contributed by atoms with Crippen molar-refractivity contribution in [1.82, 2.24) is 9.80 Å². The number of benzene rings is 1. The van der Waals surface area contributed by atoms with Crippen molar-refractivity contribution >= 4 is 5.91 Å². The highest BCUT2D eigenvalue weighted by Crippen LogP contribution is 2.43. The Hall–Kier alpha value is -1.63. The third-order valence-corrected chi connectivity index (χ3v) is 8.68. The van der Waals surface area contributed by atoms with Gasteiger partial charge in [0.15, 0.2) is 0 Å². The van der Waals surface area contributed by atoms with Gasteiger partial charge in [-0.25, -0.2) is 4.39 Å². The lowest BCUT2D eigenvalue weighted by atomic mass is 9.77. The summed E-state index contributed by atoms with van der Waals surface area (Å²) in [5.74, 6) is -0.534. The molecule has 35 heavy (non-hydrogen) atoms. The molecule has 1 saturated carbocycles. The molecule has 2 atom stereocenters. The van der Waals surface area contributed by atoms with Gasteiger partial charge in [-0.3, -0.25) is 9.69 Å². The van der Waals surface area contributed by atoms with Crippen LogP contribution in [0.15, 0.2) is 18.2 Å². The number of carbonyl (C=O) groups is 1. The predicted octanol–water partition coefficient (Wildman–Crippen LogP) is 6.92. The fourth-order valence-electron chi connectivity index (χ4n) is 6.31. The van der Waals surface area contributed by atoms with Gasteiger partial charge in [-0.15, -0.1) is 0 Å². The van der Waals surface area contributed by atoms with E-state index in [1.54, 1.807) is 11.0 Å². The molecule has 1 aromatic carbocycles. The highest BCUT2D eigenvalue weighted by molar-refractivity contribution is 5.86. The lowest BCUT2D eigenvalue weighted by Crippen LogP contribution is -2.53. The zero-order valence-corrected chi connectivity index (χ0v) is 21.6. The van der Waals surface area contributed by atoms with Crippen molar-refractivity contribution in [2.75, 3.05) is 26.2 Å². The largest absolute Gasteiger partial charge is 0.416 e. The number of carbonyl (C=O) groups excluding carboxylic acids is 1. The first-order valence-corrected chi connectivity index (χ1v) is 13.2. The Morgan fingerprint density at radius 1 is 0.943 bits per heavy atom. The number of rotatable bonds is 3. The topological polar surface area (TPSA) is 23.6 Å². The zero-order chi connectivity index (χ0) is 25.6. The molecule has 1 amide bonds. The van der Waals surface area contributed by atoms with Crippen molar-refractivity contribution in [2.45, 2.75) is 102 Å². The minimum atomic E-state index is -4.36. The van der Waals surface area contributed by atoms with Crippen molar-refractivity contribution in [3.63, 3.8) is 0 Å². The van der Waals surface area contributed by atoms with Gasteiger partial charge in [0.05, 0.1) is 5.56 Å². The van der Waals surface area contributed by atoms with Crippen molar-refractivity contribution in [3.05, 3.63) is 34.9 Å². The Kier molecular flexibility index (Phi) is 7.31. The maximum absolute atomic E-state index is 16.0. The average molecular weight is 497 g/mol. The normalized spacial score (nSPS) is 28.0. The van der Waals surface area contributed by atoms with E-state index in [2.05, 4.69) is 0 Å². The summed E-state index contributed by atoms with van der Waals surface area (Å²) in [6.45, 7) is 9.49. The van der Waals surface area contributed by atoms with Crippen LogP contribution in [0, 0.1) is 5.92 Å². The van der Waals surface area contributed by atoms with Gasteiger partial charge in [-0.2, -0.15) is 13.2 Å². The van der Waals surface area contributed by atoms with Crippen LogP contribution in [0.4, 0.5) is 17.6 Å². The number of hydrogen-bond acceptors (Lipinski definition) is 2. The first-order valence-electron chi connectivity index (χ1n) is 13.2. The predicted molar refractivity (Wildman–Crippen MR) is 130 cm³/mol. The summed E-state index contributed by atoms with van der Waals surface area (Å²) < 4.78 is 56.5. The molecule has 0 N–H and O–H groups in total. The van der Waals surface area contributed by atoms with Gasteiger partial charge < -0.3 is 4.90 Å². The van der Waals surface area contributed by atoms with Gasteiger partial charge in [0.1, 0.15) is 0 Å². The summed E-state index contributed by atoms with van der Waals surface area (Å²) >= 11 is 0. The van der Waals surface area contributed by atoms with E-state index in [1.807, 2.05) is 32.6 Å². The molecule has 3 aliphatic rings. The molecule has 1 aliphatic carbocycles. The van der Waals surface area contributed by atoms with Gasteiger partial charge in [0.2, 0.25) is 5.67 Å². The summed E-state index contributed by atoms with van der Waals surface area (Å²) in [6.07, 6.45) is 2.06. The summed E-state index contributed by atoms with van der Waals surface area (Å²) in [7, 11) is 0. The Labute approximate surface area is 207 Å². The van der Waals surface area contributed by atoms with E-state index < -0.39 is 23.3 Å². The van der Waals surface area contributed by atoms with Crippen LogP contribution < -0.4 is 0 Å². The van der Waals surface area contributed by atoms with Gasteiger partial charge in [0, 0.05) is 37.6 Å². The van der Waals surface area contributed by atoms with E-state index in [4.69, 9.17) is 0 Å². The lowest BCUT2D eigenvalue weighted by Gasteiger charge is -2.38. The second kappa shape index (κ2) is 9.68. The molecule has 4 rings (SSSR count). The van der Waals surface area contributed by atoms with Gasteiger partial charge in [-0.1, -0.05) is 32.3 Å². The molecule has 7 heteroatoms. The molecule has 1 aromatic rings. The van der Waals surface area contributed by atoms with E-state index in [0.717, 1.165) is 43.2 Å². The number of alkyl halides is 4. The van der Waals surface area contributed by atoms with Crippen LogP contribution >= 0.6 is 0 Å². The Morgan fingerprint density at radius 3 is 2.09 bits per heavy atom. The molecule has 3 fully saturated rings. The quantitative estimate of drug-likeness (QED) is 0.424. The molecule has 0 bridgehead atoms. The van der Waals surface area contributed by atoms with Crippen LogP contribution in [0.5, 0.6) is 0 Å². The van der Waals surface area contributed by atoms with Crippen LogP contribution in [0.1, 0.15) is 101 Å². The van der Waals surface area contributed by atoms with E-state index >= 15 is 4.39 Å². The fourth-order valence-corrected chi connectivity index (χ4v) is 6.31. The average Bonchev–Trinajstić information content (AvgIpc) is 3.14. The molecule has 3 nitrogen and oxygen atoms in total. The maximum Gasteiger partial charge on any atom is 0.416 e. The third kappa shape index (κ3) is 5.40. The molecule has 0 aromatic heterocycles. The molecule has 2 heterocycles. The molecular weight excluding hydrogens is 456 g/mol. The summed E-state index contributed by atoms with van der Waals surface area (Å²) in [4.78, 5) is 17.0. The Morgan fingerprint density at radius 2 is 1.54 bits per heavy atom. The SMILES string of the molecule is C[C@@H]1CN(C(C)(C)C)C[C@@]1(F)C(=O)N1CCC(c2ccc(C(F)(F)F)cc2C2CCCCC2)CC1. The summed E-state index contributed by atoms with van der Waals surface area (Å²) in [6, 6.07) is 4.25. The van der Waals surface area contributed by atoms with Crippen LogP contribution in [0.3, 0.4) is 0 Å². The van der Waals surface area contributed by atoms with E-state index in [1.165, 1.54) is 12.1 Å². The smallest absolute Gasteiger partial charge is 0.340 e. The van der Waals surface area contributed by atoms with Gasteiger partial charge >= 0.3 is 6.18 Å².